The maximum Gasteiger partial charge on any atom is 0.246 e. The van der Waals surface area contributed by atoms with Crippen LogP contribution in [0.4, 0.5) is 0 Å². The molecule has 0 spiro atoms. The fraction of sp³-hybridized carbons (Fsp3) is 0.786. The molecule has 1 unspecified atom stereocenters. The van der Waals surface area contributed by atoms with Gasteiger partial charge < -0.3 is 9.64 Å². The highest BCUT2D eigenvalue weighted by molar-refractivity contribution is 5.87. The van der Waals surface area contributed by atoms with Crippen LogP contribution in [0.25, 0.3) is 0 Å². The number of ether oxygens (including phenoxy) is 1. The smallest absolute Gasteiger partial charge is 0.246 e. The first kappa shape index (κ1) is 14.5. The fourth-order valence-corrected chi connectivity index (χ4v) is 2.73. The molecule has 0 N–H and O–H groups in total. The van der Waals surface area contributed by atoms with E-state index in [-0.39, 0.29) is 5.91 Å². The number of carbonyl (C=O) groups excluding carboxylic acids is 1. The van der Waals surface area contributed by atoms with Gasteiger partial charge in [0.15, 0.2) is 0 Å². The van der Waals surface area contributed by atoms with Gasteiger partial charge in [-0.15, -0.1) is 0 Å². The third kappa shape index (κ3) is 4.03. The molecule has 0 radical (unpaired) electrons. The molecule has 0 bridgehead atoms. The molecule has 19 heavy (non-hydrogen) atoms. The summed E-state index contributed by atoms with van der Waals surface area (Å²) in [5.41, 5.74) is 0. The molecule has 2 saturated heterocycles. The van der Waals surface area contributed by atoms with Crippen LogP contribution >= 0.6 is 0 Å². The van der Waals surface area contributed by atoms with Gasteiger partial charge in [0.1, 0.15) is 0 Å². The van der Waals surface area contributed by atoms with Crippen LogP contribution in [0.5, 0.6) is 0 Å². The second kappa shape index (κ2) is 7.03. The number of piperazine rings is 1. The number of rotatable bonds is 3. The van der Waals surface area contributed by atoms with Crippen molar-refractivity contribution in [1.29, 1.82) is 0 Å². The van der Waals surface area contributed by atoms with Gasteiger partial charge in [0.05, 0.1) is 13.3 Å². The Morgan fingerprint density at radius 3 is 2.89 bits per heavy atom. The summed E-state index contributed by atoms with van der Waals surface area (Å²) >= 11 is 0. The molecule has 0 aromatic carbocycles. The van der Waals surface area contributed by atoms with E-state index in [1.165, 1.54) is 6.08 Å². The first-order valence-corrected chi connectivity index (χ1v) is 7.16. The Kier molecular flexibility index (Phi) is 5.36. The number of amides is 1. The molecular formula is C14H25N3O2. The van der Waals surface area contributed by atoms with Crippen LogP contribution in [-0.4, -0.2) is 79.3 Å². The second-order valence-corrected chi connectivity index (χ2v) is 5.38. The molecule has 2 aliphatic heterocycles. The van der Waals surface area contributed by atoms with Crippen molar-refractivity contribution < 1.29 is 9.53 Å². The van der Waals surface area contributed by atoms with Crippen molar-refractivity contribution in [2.24, 2.45) is 0 Å². The Labute approximate surface area is 115 Å². The largest absolute Gasteiger partial charge is 0.380 e. The molecule has 0 aromatic heterocycles. The molecule has 2 heterocycles. The van der Waals surface area contributed by atoms with E-state index in [0.717, 1.165) is 59.0 Å². The Morgan fingerprint density at radius 1 is 1.32 bits per heavy atom. The van der Waals surface area contributed by atoms with Gasteiger partial charge in [0.2, 0.25) is 5.91 Å². The van der Waals surface area contributed by atoms with Crippen molar-refractivity contribution in [3.8, 4) is 0 Å². The van der Waals surface area contributed by atoms with Gasteiger partial charge in [-0.1, -0.05) is 6.58 Å². The Hall–Kier alpha value is -0.910. The molecule has 2 aliphatic rings. The van der Waals surface area contributed by atoms with Gasteiger partial charge >= 0.3 is 0 Å². The summed E-state index contributed by atoms with van der Waals surface area (Å²) in [6, 6.07) is 0.404. The minimum atomic E-state index is 0.0506. The molecule has 5 nitrogen and oxygen atoms in total. The molecule has 2 rings (SSSR count). The van der Waals surface area contributed by atoms with Crippen LogP contribution in [0.3, 0.4) is 0 Å². The van der Waals surface area contributed by atoms with E-state index in [0.29, 0.717) is 6.04 Å². The molecule has 1 amide bonds. The number of hydrogen-bond donors (Lipinski definition) is 0. The lowest BCUT2D eigenvalue weighted by Gasteiger charge is -2.41. The van der Waals surface area contributed by atoms with Gasteiger partial charge in [-0.3, -0.25) is 14.6 Å². The highest BCUT2D eigenvalue weighted by Crippen LogP contribution is 2.11. The van der Waals surface area contributed by atoms with E-state index in [2.05, 4.69) is 23.3 Å². The van der Waals surface area contributed by atoms with E-state index in [4.69, 9.17) is 4.74 Å². The molecule has 5 heteroatoms. The molecule has 0 aliphatic carbocycles. The fourth-order valence-electron chi connectivity index (χ4n) is 2.73. The summed E-state index contributed by atoms with van der Waals surface area (Å²) in [6.45, 7) is 13.1. The number of hydrogen-bond acceptors (Lipinski definition) is 4. The monoisotopic (exact) mass is 267 g/mol. The van der Waals surface area contributed by atoms with E-state index >= 15 is 0 Å². The first-order chi connectivity index (χ1) is 9.20. The highest BCUT2D eigenvalue weighted by atomic mass is 16.5. The molecule has 1 atom stereocenters. The SMILES string of the molecule is C=CC(=O)N1CCN(CN2CCCOCC2)C(C)C1. The summed E-state index contributed by atoms with van der Waals surface area (Å²) in [4.78, 5) is 18.4. The molecule has 0 saturated carbocycles. The topological polar surface area (TPSA) is 36.0 Å². The first-order valence-electron chi connectivity index (χ1n) is 7.16. The van der Waals surface area contributed by atoms with E-state index in [1.807, 2.05) is 4.90 Å². The minimum Gasteiger partial charge on any atom is -0.380 e. The maximum atomic E-state index is 11.6. The third-order valence-electron chi connectivity index (χ3n) is 3.95. The van der Waals surface area contributed by atoms with Crippen molar-refractivity contribution in [2.45, 2.75) is 19.4 Å². The summed E-state index contributed by atoms with van der Waals surface area (Å²) in [5.74, 6) is 0.0506. The van der Waals surface area contributed by atoms with E-state index in [1.54, 1.807) is 0 Å². The van der Waals surface area contributed by atoms with Gasteiger partial charge in [-0.25, -0.2) is 0 Å². The predicted molar refractivity (Wildman–Crippen MR) is 74.8 cm³/mol. The van der Waals surface area contributed by atoms with Crippen LogP contribution in [0.15, 0.2) is 12.7 Å². The van der Waals surface area contributed by atoms with E-state index in [9.17, 15) is 4.79 Å². The predicted octanol–water partition coefficient (Wildman–Crippen LogP) is 0.385. The third-order valence-corrected chi connectivity index (χ3v) is 3.95. The van der Waals surface area contributed by atoms with Crippen molar-refractivity contribution in [1.82, 2.24) is 14.7 Å². The van der Waals surface area contributed by atoms with Crippen LogP contribution in [0, 0.1) is 0 Å². The van der Waals surface area contributed by atoms with Crippen LogP contribution in [-0.2, 0) is 9.53 Å². The lowest BCUT2D eigenvalue weighted by molar-refractivity contribution is -0.129. The van der Waals surface area contributed by atoms with Crippen LogP contribution in [0.2, 0.25) is 0 Å². The van der Waals surface area contributed by atoms with Gasteiger partial charge in [0.25, 0.3) is 0 Å². The molecule has 2 fully saturated rings. The summed E-state index contributed by atoms with van der Waals surface area (Å²) in [7, 11) is 0. The summed E-state index contributed by atoms with van der Waals surface area (Å²) < 4.78 is 5.48. The average molecular weight is 267 g/mol. The molecule has 108 valence electrons. The minimum absolute atomic E-state index is 0.0506. The van der Waals surface area contributed by atoms with Crippen molar-refractivity contribution in [3.05, 3.63) is 12.7 Å². The standard InChI is InChI=1S/C14H25N3O2/c1-3-14(18)16-6-7-17(13(2)11-16)12-15-5-4-9-19-10-8-15/h3,13H,1,4-12H2,2H3. The van der Waals surface area contributed by atoms with Crippen molar-refractivity contribution in [2.75, 3.05) is 52.6 Å². The zero-order valence-corrected chi connectivity index (χ0v) is 11.9. The van der Waals surface area contributed by atoms with Crippen LogP contribution in [0.1, 0.15) is 13.3 Å². The zero-order chi connectivity index (χ0) is 13.7. The lowest BCUT2D eigenvalue weighted by atomic mass is 10.2. The number of carbonyl (C=O) groups is 1. The van der Waals surface area contributed by atoms with E-state index < -0.39 is 0 Å². The lowest BCUT2D eigenvalue weighted by Crippen LogP contribution is -2.56. The molecule has 0 aromatic rings. The van der Waals surface area contributed by atoms with Gasteiger partial charge in [-0.05, 0) is 19.4 Å². The zero-order valence-electron chi connectivity index (χ0n) is 11.9. The average Bonchev–Trinajstić information content (AvgIpc) is 2.68. The van der Waals surface area contributed by atoms with Crippen LogP contribution < -0.4 is 0 Å². The van der Waals surface area contributed by atoms with Crippen molar-refractivity contribution >= 4 is 5.91 Å². The van der Waals surface area contributed by atoms with Gasteiger partial charge in [0, 0.05) is 45.4 Å². The van der Waals surface area contributed by atoms with Gasteiger partial charge in [-0.2, -0.15) is 0 Å². The second-order valence-electron chi connectivity index (χ2n) is 5.38. The number of nitrogens with zero attached hydrogens (tertiary/aromatic N) is 3. The Bertz CT molecular complexity index is 314. The normalized spacial score (nSPS) is 27.0. The molecular weight excluding hydrogens is 242 g/mol. The summed E-state index contributed by atoms with van der Waals surface area (Å²) in [6.07, 6.45) is 2.53. The van der Waals surface area contributed by atoms with Crippen molar-refractivity contribution in [3.63, 3.8) is 0 Å². The highest BCUT2D eigenvalue weighted by Gasteiger charge is 2.26. The Balaban J connectivity index is 1.82. The quantitative estimate of drug-likeness (QED) is 0.693. The maximum absolute atomic E-state index is 11.6. The Morgan fingerprint density at radius 2 is 2.16 bits per heavy atom. The summed E-state index contributed by atoms with van der Waals surface area (Å²) in [5, 5.41) is 0.